The van der Waals surface area contributed by atoms with Crippen molar-refractivity contribution in [2.75, 3.05) is 39.3 Å². The molecule has 0 bridgehead atoms. The first kappa shape index (κ1) is 17.7. The van der Waals surface area contributed by atoms with Gasteiger partial charge in [0.25, 0.3) is 0 Å². The molecule has 0 atom stereocenters. The number of carbonyl (C=O) groups excluding carboxylic acids is 2. The summed E-state index contributed by atoms with van der Waals surface area (Å²) in [6.07, 6.45) is 1.66. The van der Waals surface area contributed by atoms with Gasteiger partial charge in [0, 0.05) is 64.8 Å². The molecule has 0 unspecified atom stereocenters. The maximum Gasteiger partial charge on any atom is 0.317 e. The summed E-state index contributed by atoms with van der Waals surface area (Å²) in [6.45, 7) is 8.80. The van der Waals surface area contributed by atoms with E-state index in [9.17, 15) is 9.59 Å². The smallest absolute Gasteiger partial charge is 0.317 e. The van der Waals surface area contributed by atoms with Gasteiger partial charge < -0.3 is 19.6 Å². The van der Waals surface area contributed by atoms with Crippen molar-refractivity contribution in [1.29, 1.82) is 0 Å². The third-order valence-electron chi connectivity index (χ3n) is 4.99. The molecule has 1 N–H and O–H groups in total. The molecule has 0 aliphatic carbocycles. The number of piperazine rings is 1. The second-order valence-electron chi connectivity index (χ2n) is 6.92. The van der Waals surface area contributed by atoms with E-state index in [0.29, 0.717) is 0 Å². The van der Waals surface area contributed by atoms with E-state index in [1.807, 2.05) is 22.8 Å². The Kier molecular flexibility index (Phi) is 5.57. The van der Waals surface area contributed by atoms with Crippen LogP contribution in [0.15, 0.2) is 10.6 Å². The van der Waals surface area contributed by atoms with E-state index in [-0.39, 0.29) is 18.0 Å². The van der Waals surface area contributed by atoms with Crippen LogP contribution < -0.4 is 5.32 Å². The zero-order valence-corrected chi connectivity index (χ0v) is 15.0. The van der Waals surface area contributed by atoms with Crippen LogP contribution in [0, 0.1) is 6.92 Å². The molecule has 1 aromatic heterocycles. The lowest BCUT2D eigenvalue weighted by molar-refractivity contribution is -0.129. The summed E-state index contributed by atoms with van der Waals surface area (Å²) in [5, 5.41) is 7.14. The van der Waals surface area contributed by atoms with Crippen molar-refractivity contribution in [3.05, 3.63) is 17.5 Å². The molecule has 3 rings (SSSR count). The fraction of sp³-hybridized carbons (Fsp3) is 0.706. The van der Waals surface area contributed by atoms with Crippen LogP contribution in [0.1, 0.15) is 31.2 Å². The number of urea groups is 1. The molecule has 8 heteroatoms. The molecule has 1 aromatic rings. The highest BCUT2D eigenvalue weighted by molar-refractivity contribution is 5.75. The van der Waals surface area contributed by atoms with E-state index in [1.165, 1.54) is 0 Å². The van der Waals surface area contributed by atoms with Gasteiger partial charge in [0.15, 0.2) is 0 Å². The molecular weight excluding hydrogens is 322 g/mol. The van der Waals surface area contributed by atoms with E-state index in [4.69, 9.17) is 4.52 Å². The molecule has 0 saturated carbocycles. The average molecular weight is 349 g/mol. The van der Waals surface area contributed by atoms with Crippen LogP contribution in [0.4, 0.5) is 4.79 Å². The van der Waals surface area contributed by atoms with Gasteiger partial charge in [0.2, 0.25) is 5.91 Å². The lowest BCUT2D eigenvalue weighted by atomic mass is 10.1. The topological polar surface area (TPSA) is 81.9 Å². The molecule has 2 saturated heterocycles. The molecule has 0 aromatic carbocycles. The normalized spacial score (nSPS) is 19.9. The number of amides is 3. The largest absolute Gasteiger partial charge is 0.361 e. The highest BCUT2D eigenvalue weighted by atomic mass is 16.5. The maximum atomic E-state index is 12.4. The third kappa shape index (κ3) is 4.72. The van der Waals surface area contributed by atoms with Crippen LogP contribution in [0.3, 0.4) is 0 Å². The number of hydrogen-bond acceptors (Lipinski definition) is 5. The van der Waals surface area contributed by atoms with Gasteiger partial charge in [0.05, 0.1) is 5.69 Å². The summed E-state index contributed by atoms with van der Waals surface area (Å²) in [4.78, 5) is 29.8. The zero-order valence-electron chi connectivity index (χ0n) is 15.0. The highest BCUT2D eigenvalue weighted by Gasteiger charge is 2.26. The fourth-order valence-corrected chi connectivity index (χ4v) is 3.44. The van der Waals surface area contributed by atoms with Gasteiger partial charge >= 0.3 is 6.03 Å². The van der Waals surface area contributed by atoms with Gasteiger partial charge in [0.1, 0.15) is 5.76 Å². The number of aryl methyl sites for hydroxylation is 1. The Labute approximate surface area is 148 Å². The molecule has 138 valence electrons. The first-order chi connectivity index (χ1) is 12.0. The number of piperidine rings is 1. The van der Waals surface area contributed by atoms with Gasteiger partial charge in [-0.25, -0.2) is 4.79 Å². The summed E-state index contributed by atoms with van der Waals surface area (Å²) >= 11 is 0. The number of hydrogen-bond donors (Lipinski definition) is 1. The Hall–Kier alpha value is -2.09. The predicted molar refractivity (Wildman–Crippen MR) is 91.9 cm³/mol. The number of nitrogens with one attached hydrogen (secondary N) is 1. The van der Waals surface area contributed by atoms with Gasteiger partial charge in [-0.05, 0) is 19.8 Å². The second-order valence-corrected chi connectivity index (χ2v) is 6.92. The van der Waals surface area contributed by atoms with Gasteiger partial charge in [-0.15, -0.1) is 0 Å². The van der Waals surface area contributed by atoms with Crippen molar-refractivity contribution >= 4 is 11.9 Å². The lowest BCUT2D eigenvalue weighted by Crippen LogP contribution is -2.54. The van der Waals surface area contributed by atoms with Crippen molar-refractivity contribution in [3.63, 3.8) is 0 Å². The van der Waals surface area contributed by atoms with Crippen LogP contribution in [0.25, 0.3) is 0 Å². The minimum absolute atomic E-state index is 0.0122. The Bertz CT molecular complexity index is 601. The van der Waals surface area contributed by atoms with E-state index >= 15 is 0 Å². The molecule has 2 aliphatic rings. The van der Waals surface area contributed by atoms with Crippen molar-refractivity contribution in [2.24, 2.45) is 0 Å². The van der Waals surface area contributed by atoms with Crippen LogP contribution in [-0.2, 0) is 11.3 Å². The molecule has 2 fully saturated rings. The van der Waals surface area contributed by atoms with Crippen molar-refractivity contribution < 1.29 is 14.1 Å². The Morgan fingerprint density at radius 2 is 1.84 bits per heavy atom. The second kappa shape index (κ2) is 7.86. The summed E-state index contributed by atoms with van der Waals surface area (Å²) < 4.78 is 5.10. The van der Waals surface area contributed by atoms with Gasteiger partial charge in [-0.2, -0.15) is 0 Å². The minimum Gasteiger partial charge on any atom is -0.361 e. The molecule has 3 heterocycles. The van der Waals surface area contributed by atoms with Crippen LogP contribution in [0.5, 0.6) is 0 Å². The summed E-state index contributed by atoms with van der Waals surface area (Å²) in [5.74, 6) is 0.937. The summed E-state index contributed by atoms with van der Waals surface area (Å²) in [7, 11) is 0. The number of carbonyl (C=O) groups is 2. The van der Waals surface area contributed by atoms with E-state index in [0.717, 1.165) is 70.1 Å². The zero-order chi connectivity index (χ0) is 17.8. The number of rotatable bonds is 3. The highest BCUT2D eigenvalue weighted by Crippen LogP contribution is 2.12. The summed E-state index contributed by atoms with van der Waals surface area (Å²) in [6, 6.07) is 2.13. The van der Waals surface area contributed by atoms with Crippen LogP contribution in [0.2, 0.25) is 0 Å². The van der Waals surface area contributed by atoms with E-state index in [1.54, 1.807) is 6.92 Å². The van der Waals surface area contributed by atoms with Crippen molar-refractivity contribution in [1.82, 2.24) is 25.2 Å². The molecule has 2 aliphatic heterocycles. The quantitative estimate of drug-likeness (QED) is 0.874. The average Bonchev–Trinajstić information content (AvgIpc) is 3.01. The van der Waals surface area contributed by atoms with Crippen LogP contribution in [-0.4, -0.2) is 77.1 Å². The predicted octanol–water partition coefficient (Wildman–Crippen LogP) is 0.821. The van der Waals surface area contributed by atoms with E-state index < -0.39 is 0 Å². The monoisotopic (exact) mass is 349 g/mol. The standard InChI is InChI=1S/C17H27N5O3/c1-13-11-16(19-25-13)12-20-7-9-22(10-8-20)17(24)18-15-3-5-21(6-4-15)14(2)23/h11,15H,3-10,12H2,1-2H3,(H,18,24). The summed E-state index contributed by atoms with van der Waals surface area (Å²) in [5.41, 5.74) is 0.938. The third-order valence-corrected chi connectivity index (χ3v) is 4.99. The number of aromatic nitrogens is 1. The van der Waals surface area contributed by atoms with Gasteiger partial charge in [-0.1, -0.05) is 5.16 Å². The fourth-order valence-electron chi connectivity index (χ4n) is 3.44. The van der Waals surface area contributed by atoms with Crippen LogP contribution >= 0.6 is 0 Å². The Morgan fingerprint density at radius 1 is 1.16 bits per heavy atom. The first-order valence-electron chi connectivity index (χ1n) is 8.97. The first-order valence-corrected chi connectivity index (χ1v) is 8.97. The molecule has 0 radical (unpaired) electrons. The van der Waals surface area contributed by atoms with Crippen molar-refractivity contribution in [2.45, 2.75) is 39.3 Å². The lowest BCUT2D eigenvalue weighted by Gasteiger charge is -2.36. The Balaban J connectivity index is 1.39. The number of likely N-dealkylation sites (tertiary alicyclic amines) is 1. The van der Waals surface area contributed by atoms with E-state index in [2.05, 4.69) is 15.4 Å². The Morgan fingerprint density at radius 3 is 2.40 bits per heavy atom. The van der Waals surface area contributed by atoms with Gasteiger partial charge in [-0.3, -0.25) is 9.69 Å². The molecule has 3 amide bonds. The minimum atomic E-state index is 0.0122. The molecule has 25 heavy (non-hydrogen) atoms. The SMILES string of the molecule is CC(=O)N1CCC(NC(=O)N2CCN(Cc3cc(C)on3)CC2)CC1. The molecule has 0 spiro atoms. The van der Waals surface area contributed by atoms with Crippen molar-refractivity contribution in [3.8, 4) is 0 Å². The molecule has 8 nitrogen and oxygen atoms in total. The number of nitrogens with zero attached hydrogens (tertiary/aromatic N) is 4. The maximum absolute atomic E-state index is 12.4. The molecular formula is C17H27N5O3.